The molecule has 0 atom stereocenters. The number of hydrogen-bond acceptors (Lipinski definition) is 4. The van der Waals surface area contributed by atoms with Gasteiger partial charge in [0.1, 0.15) is 0 Å². The molecule has 0 saturated heterocycles. The number of benzene rings is 2. The molecule has 0 radical (unpaired) electrons. The zero-order valence-electron chi connectivity index (χ0n) is 12.6. The van der Waals surface area contributed by atoms with Crippen LogP contribution in [0.15, 0.2) is 47.4 Å². The molecule has 11 heteroatoms. The van der Waals surface area contributed by atoms with Gasteiger partial charge >= 0.3 is 11.5 Å². The molecule has 2 aromatic rings. The van der Waals surface area contributed by atoms with Gasteiger partial charge in [-0.2, -0.15) is 18.4 Å². The van der Waals surface area contributed by atoms with Gasteiger partial charge in [-0.1, -0.05) is 11.6 Å². The maximum Gasteiger partial charge on any atom is 0.501 e. The maximum absolute atomic E-state index is 12.7. The van der Waals surface area contributed by atoms with E-state index in [-0.39, 0.29) is 5.69 Å². The lowest BCUT2D eigenvalue weighted by Crippen LogP contribution is -2.24. The van der Waals surface area contributed by atoms with Gasteiger partial charge in [0.25, 0.3) is 9.84 Å². The molecule has 0 unspecified atom stereocenters. The third-order valence-corrected chi connectivity index (χ3v) is 5.02. The summed E-state index contributed by atoms with van der Waals surface area (Å²) < 4.78 is 61.0. The van der Waals surface area contributed by atoms with Crippen LogP contribution in [-0.4, -0.2) is 20.0 Å². The average Bonchev–Trinajstić information content (AvgIpc) is 2.56. The van der Waals surface area contributed by atoms with Crippen molar-refractivity contribution in [3.63, 3.8) is 0 Å². The van der Waals surface area contributed by atoms with Crippen LogP contribution in [0.4, 0.5) is 29.3 Å². The Morgan fingerprint density at radius 1 is 1.04 bits per heavy atom. The van der Waals surface area contributed by atoms with Crippen molar-refractivity contribution in [1.82, 2.24) is 0 Å². The Morgan fingerprint density at radius 2 is 1.58 bits per heavy atom. The molecule has 6 nitrogen and oxygen atoms in total. The molecule has 0 fully saturated rings. The molecule has 0 spiro atoms. The number of carbonyl (C=O) groups excluding carboxylic acids is 1. The Morgan fingerprint density at radius 3 is 2.12 bits per heavy atom. The predicted molar refractivity (Wildman–Crippen MR) is 88.5 cm³/mol. The van der Waals surface area contributed by atoms with E-state index in [1.807, 2.05) is 6.07 Å². The van der Waals surface area contributed by atoms with Crippen LogP contribution in [0.2, 0.25) is 5.02 Å². The number of nitriles is 1. The molecule has 2 rings (SSSR count). The van der Waals surface area contributed by atoms with Crippen molar-refractivity contribution in [2.75, 3.05) is 10.6 Å². The van der Waals surface area contributed by atoms with Gasteiger partial charge in [-0.3, -0.25) is 0 Å². The molecule has 0 aliphatic rings. The van der Waals surface area contributed by atoms with Crippen molar-refractivity contribution in [3.8, 4) is 6.07 Å². The zero-order chi connectivity index (χ0) is 19.5. The normalized spacial score (nSPS) is 11.5. The minimum absolute atomic E-state index is 0.205. The molecule has 0 bridgehead atoms. The SMILES string of the molecule is N#Cc1ccc(NC(=O)Nc2ccc(Cl)c(S(=O)(=O)C(F)(F)F)c2)cc1. The smallest absolute Gasteiger partial charge is 0.308 e. The standard InChI is InChI=1S/C15H9ClF3N3O3S/c16-12-6-5-11(7-13(12)26(24,25)15(17,18)19)22-14(23)21-10-3-1-9(8-20)2-4-10/h1-7H,(H2,21,22,23). The van der Waals surface area contributed by atoms with E-state index in [4.69, 9.17) is 16.9 Å². The van der Waals surface area contributed by atoms with E-state index in [0.29, 0.717) is 17.3 Å². The van der Waals surface area contributed by atoms with Crippen LogP contribution in [0.1, 0.15) is 5.56 Å². The van der Waals surface area contributed by atoms with Crippen LogP contribution in [-0.2, 0) is 9.84 Å². The van der Waals surface area contributed by atoms with E-state index in [1.54, 1.807) is 0 Å². The molecule has 0 aliphatic carbocycles. The summed E-state index contributed by atoms with van der Waals surface area (Å²) in [5.41, 5.74) is -5.04. The van der Waals surface area contributed by atoms with E-state index in [1.165, 1.54) is 24.3 Å². The summed E-state index contributed by atoms with van der Waals surface area (Å²) >= 11 is 5.55. The number of carbonyl (C=O) groups is 1. The number of hydrogen-bond donors (Lipinski definition) is 2. The van der Waals surface area contributed by atoms with E-state index >= 15 is 0 Å². The van der Waals surface area contributed by atoms with Crippen LogP contribution in [0.3, 0.4) is 0 Å². The minimum atomic E-state index is -5.67. The maximum atomic E-state index is 12.7. The molecule has 0 aromatic heterocycles. The number of anilines is 2. The van der Waals surface area contributed by atoms with Gasteiger partial charge in [0.05, 0.1) is 21.6 Å². The molecular formula is C15H9ClF3N3O3S. The van der Waals surface area contributed by atoms with Crippen LogP contribution < -0.4 is 10.6 Å². The fraction of sp³-hybridized carbons (Fsp3) is 0.0667. The van der Waals surface area contributed by atoms with E-state index in [2.05, 4.69) is 10.6 Å². The number of amides is 2. The highest BCUT2D eigenvalue weighted by Gasteiger charge is 2.48. The summed E-state index contributed by atoms with van der Waals surface area (Å²) in [6, 6.07) is 9.55. The first-order chi connectivity index (χ1) is 12.0. The van der Waals surface area contributed by atoms with Crippen molar-refractivity contribution in [2.45, 2.75) is 10.4 Å². The molecule has 2 amide bonds. The highest BCUT2D eigenvalue weighted by atomic mass is 35.5. The van der Waals surface area contributed by atoms with Crippen molar-refractivity contribution >= 4 is 38.8 Å². The van der Waals surface area contributed by atoms with Gasteiger partial charge < -0.3 is 10.6 Å². The predicted octanol–water partition coefficient (Wildman–Crippen LogP) is 4.15. The second-order valence-electron chi connectivity index (χ2n) is 4.86. The quantitative estimate of drug-likeness (QED) is 0.804. The largest absolute Gasteiger partial charge is 0.501 e. The highest BCUT2D eigenvalue weighted by molar-refractivity contribution is 7.92. The van der Waals surface area contributed by atoms with Gasteiger partial charge in [0.15, 0.2) is 0 Å². The lowest BCUT2D eigenvalue weighted by atomic mass is 10.2. The van der Waals surface area contributed by atoms with Crippen LogP contribution in [0, 0.1) is 11.3 Å². The van der Waals surface area contributed by atoms with Gasteiger partial charge in [-0.05, 0) is 42.5 Å². The number of halogens is 4. The second kappa shape index (κ2) is 7.23. The molecule has 0 aliphatic heterocycles. The minimum Gasteiger partial charge on any atom is -0.308 e. The summed E-state index contributed by atoms with van der Waals surface area (Å²) in [7, 11) is -5.67. The third kappa shape index (κ3) is 4.25. The van der Waals surface area contributed by atoms with E-state index in [0.717, 1.165) is 12.1 Å². The van der Waals surface area contributed by atoms with E-state index in [9.17, 15) is 26.4 Å². The molecule has 0 heterocycles. The zero-order valence-corrected chi connectivity index (χ0v) is 14.2. The number of nitrogens with zero attached hydrogens (tertiary/aromatic N) is 1. The highest BCUT2D eigenvalue weighted by Crippen LogP contribution is 2.35. The monoisotopic (exact) mass is 403 g/mol. The van der Waals surface area contributed by atoms with Crippen molar-refractivity contribution < 1.29 is 26.4 Å². The lowest BCUT2D eigenvalue weighted by Gasteiger charge is -2.12. The van der Waals surface area contributed by atoms with E-state index < -0.39 is 31.3 Å². The molecule has 2 N–H and O–H groups in total. The summed E-state index contributed by atoms with van der Waals surface area (Å²) in [4.78, 5) is 10.7. The Labute approximate surface area is 151 Å². The van der Waals surface area contributed by atoms with Crippen molar-refractivity contribution in [1.29, 1.82) is 5.26 Å². The van der Waals surface area contributed by atoms with Crippen molar-refractivity contribution in [3.05, 3.63) is 53.1 Å². The molecule has 136 valence electrons. The number of alkyl halides is 3. The fourth-order valence-corrected chi connectivity index (χ4v) is 3.11. The van der Waals surface area contributed by atoms with Crippen LogP contribution in [0.25, 0.3) is 0 Å². The first-order valence-corrected chi connectivity index (χ1v) is 8.60. The van der Waals surface area contributed by atoms with Gasteiger partial charge in [0.2, 0.25) is 0 Å². The molecule has 2 aromatic carbocycles. The Bertz CT molecular complexity index is 984. The first-order valence-electron chi connectivity index (χ1n) is 6.73. The summed E-state index contributed by atoms with van der Waals surface area (Å²) in [6.45, 7) is 0. The number of sulfone groups is 1. The summed E-state index contributed by atoms with van der Waals surface area (Å²) in [5, 5.41) is 12.6. The Balaban J connectivity index is 2.21. The number of nitrogens with one attached hydrogen (secondary N) is 2. The second-order valence-corrected chi connectivity index (χ2v) is 7.18. The van der Waals surface area contributed by atoms with Crippen molar-refractivity contribution in [2.24, 2.45) is 0 Å². The van der Waals surface area contributed by atoms with Gasteiger partial charge in [0, 0.05) is 11.4 Å². The van der Waals surface area contributed by atoms with Crippen LogP contribution in [0.5, 0.6) is 0 Å². The van der Waals surface area contributed by atoms with Gasteiger partial charge in [-0.15, -0.1) is 0 Å². The fourth-order valence-electron chi connectivity index (χ4n) is 1.83. The topological polar surface area (TPSA) is 99.1 Å². The number of rotatable bonds is 3. The van der Waals surface area contributed by atoms with Crippen LogP contribution >= 0.6 is 11.6 Å². The Hall–Kier alpha value is -2.77. The molecule has 26 heavy (non-hydrogen) atoms. The third-order valence-electron chi connectivity index (χ3n) is 3.06. The Kier molecular flexibility index (Phi) is 5.44. The number of urea groups is 1. The lowest BCUT2D eigenvalue weighted by molar-refractivity contribution is -0.0435. The summed E-state index contributed by atoms with van der Waals surface area (Å²) in [5.74, 6) is 0. The molecular weight excluding hydrogens is 395 g/mol. The first kappa shape index (κ1) is 19.6. The average molecular weight is 404 g/mol. The summed E-state index contributed by atoms with van der Waals surface area (Å²) in [6.07, 6.45) is 0. The van der Waals surface area contributed by atoms with Gasteiger partial charge in [-0.25, -0.2) is 13.2 Å². The molecule has 0 saturated carbocycles.